The zero-order chi connectivity index (χ0) is 14.2. The van der Waals surface area contributed by atoms with Crippen LogP contribution in [0.5, 0.6) is 0 Å². The fourth-order valence-electron chi connectivity index (χ4n) is 3.88. The zero-order valence-electron chi connectivity index (χ0n) is 12.0. The third-order valence-corrected chi connectivity index (χ3v) is 5.00. The van der Waals surface area contributed by atoms with E-state index < -0.39 is 18.0 Å². The summed E-state index contributed by atoms with van der Waals surface area (Å²) in [6.45, 7) is 3.41. The smallest absolute Gasteiger partial charge is 0.172 e. The van der Waals surface area contributed by atoms with Crippen molar-refractivity contribution in [3.63, 3.8) is 0 Å². The first-order valence-corrected chi connectivity index (χ1v) is 7.81. The van der Waals surface area contributed by atoms with Gasteiger partial charge in [0.15, 0.2) is 5.79 Å². The molecule has 5 unspecified atom stereocenters. The van der Waals surface area contributed by atoms with Gasteiger partial charge in [0, 0.05) is 18.3 Å². The number of ether oxygens (including phenoxy) is 2. The van der Waals surface area contributed by atoms with Crippen molar-refractivity contribution in [1.29, 1.82) is 0 Å². The van der Waals surface area contributed by atoms with E-state index >= 15 is 0 Å². The van der Waals surface area contributed by atoms with E-state index in [1.165, 1.54) is 0 Å². The predicted octanol–water partition coefficient (Wildman–Crippen LogP) is 1.30. The minimum absolute atomic E-state index is 0.0327. The highest BCUT2D eigenvalue weighted by atomic mass is 16.7. The molecule has 0 aromatic rings. The van der Waals surface area contributed by atoms with Crippen LogP contribution < -0.4 is 0 Å². The van der Waals surface area contributed by atoms with Gasteiger partial charge in [-0.2, -0.15) is 0 Å². The summed E-state index contributed by atoms with van der Waals surface area (Å²) in [5.74, 6) is 6.20. The van der Waals surface area contributed by atoms with Crippen molar-refractivity contribution in [1.82, 2.24) is 0 Å². The second-order valence-corrected chi connectivity index (χ2v) is 6.26. The van der Waals surface area contributed by atoms with Crippen LogP contribution in [-0.4, -0.2) is 41.4 Å². The van der Waals surface area contributed by atoms with Crippen molar-refractivity contribution in [3.05, 3.63) is 0 Å². The van der Waals surface area contributed by atoms with Gasteiger partial charge in [-0.25, -0.2) is 0 Å². The largest absolute Gasteiger partial charge is 0.392 e. The fraction of sp³-hybridized carbons (Fsp3) is 0.875. The van der Waals surface area contributed by atoms with Gasteiger partial charge in [-0.3, -0.25) is 0 Å². The zero-order valence-corrected chi connectivity index (χ0v) is 12.0. The number of aliphatic hydroxyl groups is 2. The summed E-state index contributed by atoms with van der Waals surface area (Å²) in [5, 5.41) is 20.0. The van der Waals surface area contributed by atoms with Gasteiger partial charge in [0.2, 0.25) is 0 Å². The molecule has 3 rings (SSSR count). The Morgan fingerprint density at radius 2 is 2.10 bits per heavy atom. The van der Waals surface area contributed by atoms with Crippen molar-refractivity contribution in [3.8, 4) is 11.8 Å². The summed E-state index contributed by atoms with van der Waals surface area (Å²) in [7, 11) is 0. The quantitative estimate of drug-likeness (QED) is 0.765. The van der Waals surface area contributed by atoms with Crippen LogP contribution in [0.15, 0.2) is 0 Å². The van der Waals surface area contributed by atoms with E-state index in [1.54, 1.807) is 0 Å². The van der Waals surface area contributed by atoms with Crippen LogP contribution in [0.25, 0.3) is 0 Å². The Morgan fingerprint density at radius 1 is 1.35 bits per heavy atom. The summed E-state index contributed by atoms with van der Waals surface area (Å²) >= 11 is 0. The molecule has 1 saturated heterocycles. The van der Waals surface area contributed by atoms with E-state index in [4.69, 9.17) is 9.47 Å². The van der Waals surface area contributed by atoms with Crippen molar-refractivity contribution >= 4 is 0 Å². The minimum Gasteiger partial charge on any atom is -0.392 e. The highest BCUT2D eigenvalue weighted by molar-refractivity contribution is 5.19. The first-order chi connectivity index (χ1) is 9.66. The van der Waals surface area contributed by atoms with Crippen LogP contribution in [0.4, 0.5) is 0 Å². The van der Waals surface area contributed by atoms with Gasteiger partial charge in [0.05, 0.1) is 19.3 Å². The maximum atomic E-state index is 10.2. The average molecular weight is 280 g/mol. The van der Waals surface area contributed by atoms with Crippen molar-refractivity contribution in [2.24, 2.45) is 17.8 Å². The lowest BCUT2D eigenvalue weighted by atomic mass is 9.67. The lowest BCUT2D eigenvalue weighted by Crippen LogP contribution is -2.53. The summed E-state index contributed by atoms with van der Waals surface area (Å²) in [6.07, 6.45) is 3.33. The molecule has 0 radical (unpaired) electrons. The summed E-state index contributed by atoms with van der Waals surface area (Å²) in [4.78, 5) is 0. The number of fused-ring (bicyclic) bond motifs is 2. The van der Waals surface area contributed by atoms with Crippen LogP contribution in [0, 0.1) is 29.6 Å². The Bertz CT molecular complexity index is 404. The second kappa shape index (κ2) is 5.65. The Balaban J connectivity index is 1.60. The summed E-state index contributed by atoms with van der Waals surface area (Å²) in [5.41, 5.74) is 0. The van der Waals surface area contributed by atoms with E-state index in [9.17, 15) is 10.2 Å². The fourth-order valence-corrected chi connectivity index (χ4v) is 3.88. The number of unbranched alkanes of at least 4 members (excludes halogenated alkanes) is 1. The molecule has 0 amide bonds. The van der Waals surface area contributed by atoms with Crippen molar-refractivity contribution in [2.75, 3.05) is 13.2 Å². The molecule has 3 aliphatic rings. The molecule has 1 heterocycles. The van der Waals surface area contributed by atoms with E-state index in [2.05, 4.69) is 18.8 Å². The van der Waals surface area contributed by atoms with Gasteiger partial charge < -0.3 is 19.7 Å². The molecular formula is C16H24O4. The number of aliphatic hydroxyl groups excluding tert-OH is 2. The molecule has 2 saturated carbocycles. The molecule has 3 fully saturated rings. The third-order valence-electron chi connectivity index (χ3n) is 5.00. The van der Waals surface area contributed by atoms with Crippen LogP contribution >= 0.6 is 0 Å². The maximum absolute atomic E-state index is 10.2. The Hall–Kier alpha value is -0.600. The molecule has 4 heteroatoms. The van der Waals surface area contributed by atoms with Crippen LogP contribution in [0.1, 0.15) is 39.0 Å². The van der Waals surface area contributed by atoms with E-state index in [0.29, 0.717) is 25.6 Å². The Labute approximate surface area is 120 Å². The monoisotopic (exact) mass is 280 g/mol. The molecule has 2 aliphatic carbocycles. The maximum Gasteiger partial charge on any atom is 0.172 e. The Morgan fingerprint density at radius 3 is 2.80 bits per heavy atom. The molecule has 0 bridgehead atoms. The standard InChI is InChI=1S/C16H24O4/c1-2-3-4-11(17)5-6-12-13-10-16(19-7-8-20-16)14(13)9-15(12)18/h11-15,17-18H,2-4,7-10H2,1H3. The van der Waals surface area contributed by atoms with Gasteiger partial charge in [-0.1, -0.05) is 31.6 Å². The highest BCUT2D eigenvalue weighted by Crippen LogP contribution is 2.59. The third kappa shape index (κ3) is 2.37. The van der Waals surface area contributed by atoms with Gasteiger partial charge in [0.1, 0.15) is 6.10 Å². The molecule has 1 spiro atoms. The molecule has 112 valence electrons. The average Bonchev–Trinajstić information content (AvgIpc) is 3.01. The molecule has 0 aromatic carbocycles. The van der Waals surface area contributed by atoms with Gasteiger partial charge >= 0.3 is 0 Å². The number of rotatable bonds is 3. The van der Waals surface area contributed by atoms with E-state index in [1.807, 2.05) is 0 Å². The Kier molecular flexibility index (Phi) is 4.05. The molecule has 1 aliphatic heterocycles. The molecule has 4 nitrogen and oxygen atoms in total. The predicted molar refractivity (Wildman–Crippen MR) is 73.7 cm³/mol. The normalized spacial score (nSPS) is 39.0. The van der Waals surface area contributed by atoms with Crippen molar-refractivity contribution < 1.29 is 19.7 Å². The lowest BCUT2D eigenvalue weighted by Gasteiger charge is -2.48. The number of hydrogen-bond acceptors (Lipinski definition) is 4. The van der Waals surface area contributed by atoms with E-state index in [0.717, 1.165) is 25.7 Å². The molecular weight excluding hydrogens is 256 g/mol. The van der Waals surface area contributed by atoms with E-state index in [-0.39, 0.29) is 11.8 Å². The molecule has 2 N–H and O–H groups in total. The van der Waals surface area contributed by atoms with Crippen LogP contribution in [0.2, 0.25) is 0 Å². The molecule has 20 heavy (non-hydrogen) atoms. The van der Waals surface area contributed by atoms with Crippen molar-refractivity contribution in [2.45, 2.75) is 57.0 Å². The number of hydrogen-bond donors (Lipinski definition) is 2. The second-order valence-electron chi connectivity index (χ2n) is 6.26. The summed E-state index contributed by atoms with van der Waals surface area (Å²) in [6, 6.07) is 0. The topological polar surface area (TPSA) is 58.9 Å². The first-order valence-electron chi connectivity index (χ1n) is 7.81. The molecule has 0 aromatic heterocycles. The van der Waals surface area contributed by atoms with Gasteiger partial charge in [0.25, 0.3) is 0 Å². The highest BCUT2D eigenvalue weighted by Gasteiger charge is 2.64. The minimum atomic E-state index is -0.561. The van der Waals surface area contributed by atoms with Crippen LogP contribution in [0.3, 0.4) is 0 Å². The van der Waals surface area contributed by atoms with Gasteiger partial charge in [-0.15, -0.1) is 0 Å². The van der Waals surface area contributed by atoms with Crippen LogP contribution in [-0.2, 0) is 9.47 Å². The molecule has 5 atom stereocenters. The summed E-state index contributed by atoms with van der Waals surface area (Å²) < 4.78 is 11.5. The lowest BCUT2D eigenvalue weighted by molar-refractivity contribution is -0.270. The van der Waals surface area contributed by atoms with Gasteiger partial charge in [-0.05, 0) is 18.8 Å². The SMILES string of the molecule is CCCCC(O)C#CC1C(O)CC2C1CC21OCCO1. The first kappa shape index (κ1) is 14.3.